The van der Waals surface area contributed by atoms with Crippen LogP contribution in [0.1, 0.15) is 16.7 Å². The van der Waals surface area contributed by atoms with E-state index in [4.69, 9.17) is 5.73 Å². The van der Waals surface area contributed by atoms with E-state index < -0.39 is 0 Å². The Hall–Kier alpha value is -1.10. The van der Waals surface area contributed by atoms with E-state index in [2.05, 4.69) is 63.7 Å². The minimum absolute atomic E-state index is 0.300. The molecule has 0 bridgehead atoms. The molecule has 1 aromatic carbocycles. The second kappa shape index (κ2) is 5.59. The van der Waals surface area contributed by atoms with Crippen LogP contribution < -0.4 is 10.6 Å². The molecule has 1 aliphatic heterocycles. The van der Waals surface area contributed by atoms with Gasteiger partial charge >= 0.3 is 0 Å². The number of anilines is 2. The maximum Gasteiger partial charge on any atom is 0.141 e. The molecule has 0 saturated carbocycles. The van der Waals surface area contributed by atoms with Gasteiger partial charge < -0.3 is 10.6 Å². The van der Waals surface area contributed by atoms with E-state index in [1.165, 1.54) is 0 Å². The van der Waals surface area contributed by atoms with Gasteiger partial charge in [0.25, 0.3) is 0 Å². The minimum Gasteiger partial charge on any atom is -0.383 e. The van der Waals surface area contributed by atoms with Crippen molar-refractivity contribution < 1.29 is 0 Å². The fourth-order valence-corrected chi connectivity index (χ4v) is 4.00. The number of nitrogens with two attached hydrogens (primary N) is 1. The summed E-state index contributed by atoms with van der Waals surface area (Å²) in [7, 11) is 0. The number of hydrogen-bond donors (Lipinski definition) is 1. The number of aromatic nitrogens is 1. The molecule has 3 rings (SSSR count). The predicted molar refractivity (Wildman–Crippen MR) is 92.8 cm³/mol. The van der Waals surface area contributed by atoms with Gasteiger partial charge in [-0.3, -0.25) is 0 Å². The Balaban J connectivity index is 2.03. The van der Waals surface area contributed by atoms with E-state index in [1.807, 2.05) is 12.1 Å². The Labute approximate surface area is 147 Å². The molecule has 1 aromatic heterocycles. The first-order valence-electron chi connectivity index (χ1n) is 6.07. The van der Waals surface area contributed by atoms with Crippen LogP contribution in [0.4, 0.5) is 11.5 Å². The van der Waals surface area contributed by atoms with Crippen molar-refractivity contribution in [2.24, 2.45) is 0 Å². The Morgan fingerprint density at radius 1 is 1.14 bits per heavy atom. The third kappa shape index (κ3) is 2.56. The summed E-state index contributed by atoms with van der Waals surface area (Å²) < 4.78 is 2.96. The number of nitrogen functional groups attached to an aromatic ring is 1. The summed E-state index contributed by atoms with van der Waals surface area (Å²) in [6.45, 7) is 1.36. The van der Waals surface area contributed by atoms with Crippen LogP contribution in [0.25, 0.3) is 0 Å². The zero-order valence-electron chi connectivity index (χ0n) is 10.7. The first kappa shape index (κ1) is 14.8. The van der Waals surface area contributed by atoms with Crippen LogP contribution >= 0.6 is 47.8 Å². The molecule has 2 N–H and O–H groups in total. The maximum atomic E-state index is 9.26. The highest BCUT2D eigenvalue weighted by molar-refractivity contribution is 9.13. The fourth-order valence-electron chi connectivity index (χ4n) is 2.42. The monoisotopic (exact) mass is 470 g/mol. The van der Waals surface area contributed by atoms with Gasteiger partial charge in [0.2, 0.25) is 0 Å². The topological polar surface area (TPSA) is 65.9 Å². The summed E-state index contributed by atoms with van der Waals surface area (Å²) in [6, 6.07) is 6.20. The SMILES string of the molecule is N#Cc1c(N)ncc2c1CN(c1cc(Br)c(Br)cc1Br)C2. The highest BCUT2D eigenvalue weighted by Gasteiger charge is 2.25. The lowest BCUT2D eigenvalue weighted by atomic mass is 10.1. The molecule has 0 unspecified atom stereocenters. The minimum atomic E-state index is 0.300. The van der Waals surface area contributed by atoms with Gasteiger partial charge in [0.05, 0.1) is 11.3 Å². The molecule has 0 aliphatic carbocycles. The molecular weight excluding hydrogens is 464 g/mol. The number of rotatable bonds is 1. The van der Waals surface area contributed by atoms with Gasteiger partial charge in [-0.1, -0.05) is 0 Å². The second-order valence-corrected chi connectivity index (χ2v) is 7.27. The van der Waals surface area contributed by atoms with Crippen molar-refractivity contribution in [3.05, 3.63) is 48.4 Å². The summed E-state index contributed by atoms with van der Waals surface area (Å²) in [4.78, 5) is 6.29. The van der Waals surface area contributed by atoms with Crippen LogP contribution in [-0.2, 0) is 13.1 Å². The van der Waals surface area contributed by atoms with Crippen molar-refractivity contribution in [2.45, 2.75) is 13.1 Å². The molecule has 7 heteroatoms. The van der Waals surface area contributed by atoms with E-state index in [-0.39, 0.29) is 0 Å². The lowest BCUT2D eigenvalue weighted by Crippen LogP contribution is -2.15. The lowest BCUT2D eigenvalue weighted by molar-refractivity contribution is 0.875. The molecule has 0 spiro atoms. The molecule has 0 amide bonds. The van der Waals surface area contributed by atoms with Crippen LogP contribution in [-0.4, -0.2) is 4.98 Å². The van der Waals surface area contributed by atoms with E-state index >= 15 is 0 Å². The van der Waals surface area contributed by atoms with Crippen molar-refractivity contribution in [1.82, 2.24) is 4.98 Å². The van der Waals surface area contributed by atoms with Crippen molar-refractivity contribution in [2.75, 3.05) is 10.6 Å². The van der Waals surface area contributed by atoms with E-state index in [9.17, 15) is 5.26 Å². The van der Waals surface area contributed by atoms with Crippen LogP contribution in [0, 0.1) is 11.3 Å². The Morgan fingerprint density at radius 3 is 2.57 bits per heavy atom. The molecule has 106 valence electrons. The number of benzene rings is 1. The van der Waals surface area contributed by atoms with Gasteiger partial charge in [-0.15, -0.1) is 0 Å². The van der Waals surface area contributed by atoms with E-state index in [0.717, 1.165) is 30.2 Å². The first-order valence-corrected chi connectivity index (χ1v) is 8.45. The summed E-state index contributed by atoms with van der Waals surface area (Å²) in [6.07, 6.45) is 1.76. The molecular formula is C14H9Br3N4. The van der Waals surface area contributed by atoms with Gasteiger partial charge in [0.1, 0.15) is 11.9 Å². The number of nitriles is 1. The molecule has 21 heavy (non-hydrogen) atoms. The molecule has 0 fully saturated rings. The summed E-state index contributed by atoms with van der Waals surface area (Å²) in [5, 5.41) is 9.26. The molecule has 0 atom stereocenters. The van der Waals surface area contributed by atoms with Gasteiger partial charge in [0, 0.05) is 32.7 Å². The standard InChI is InChI=1S/C14H9Br3N4/c15-10-1-12(17)13(2-11(10)16)21-5-7-4-20-14(19)8(3-18)9(7)6-21/h1-2,4H,5-6H2,(H2,19,20). The Bertz CT molecular complexity index is 783. The van der Waals surface area contributed by atoms with E-state index in [1.54, 1.807) is 6.20 Å². The number of halogens is 3. The van der Waals surface area contributed by atoms with Gasteiger partial charge in [-0.05, 0) is 71.0 Å². The number of fused-ring (bicyclic) bond motifs is 1. The quantitative estimate of drug-likeness (QED) is 0.627. The summed E-state index contributed by atoms with van der Waals surface area (Å²) in [5.41, 5.74) is 9.35. The lowest BCUT2D eigenvalue weighted by Gasteiger charge is -2.20. The average molecular weight is 473 g/mol. The maximum absolute atomic E-state index is 9.26. The van der Waals surface area contributed by atoms with Crippen LogP contribution in [0.15, 0.2) is 31.7 Å². The van der Waals surface area contributed by atoms with E-state index in [0.29, 0.717) is 24.5 Å². The molecule has 0 radical (unpaired) electrons. The molecule has 1 aliphatic rings. The smallest absolute Gasteiger partial charge is 0.141 e. The predicted octanol–water partition coefficient (Wildman–Crippen LogP) is 4.34. The zero-order chi connectivity index (χ0) is 15.1. The highest BCUT2D eigenvalue weighted by Crippen LogP contribution is 2.39. The fraction of sp³-hybridized carbons (Fsp3) is 0.143. The largest absolute Gasteiger partial charge is 0.383 e. The van der Waals surface area contributed by atoms with Crippen LogP contribution in [0.3, 0.4) is 0 Å². The summed E-state index contributed by atoms with van der Waals surface area (Å²) in [5.74, 6) is 0.300. The number of pyridine rings is 1. The molecule has 2 aromatic rings. The van der Waals surface area contributed by atoms with Gasteiger partial charge in [0.15, 0.2) is 0 Å². The number of nitrogens with zero attached hydrogens (tertiary/aromatic N) is 3. The van der Waals surface area contributed by atoms with Crippen molar-refractivity contribution >= 4 is 59.3 Å². The average Bonchev–Trinajstić information content (AvgIpc) is 2.86. The normalized spacial score (nSPS) is 13.1. The zero-order valence-corrected chi connectivity index (χ0v) is 15.5. The highest BCUT2D eigenvalue weighted by atomic mass is 79.9. The van der Waals surface area contributed by atoms with Gasteiger partial charge in [-0.2, -0.15) is 5.26 Å². The van der Waals surface area contributed by atoms with Crippen molar-refractivity contribution in [3.8, 4) is 6.07 Å². The molecule has 2 heterocycles. The molecule has 4 nitrogen and oxygen atoms in total. The van der Waals surface area contributed by atoms with Gasteiger partial charge in [-0.25, -0.2) is 4.98 Å². The van der Waals surface area contributed by atoms with Crippen molar-refractivity contribution in [3.63, 3.8) is 0 Å². The first-order chi connectivity index (χ1) is 10.0. The number of hydrogen-bond acceptors (Lipinski definition) is 4. The third-order valence-corrected chi connectivity index (χ3v) is 5.94. The molecule has 0 saturated heterocycles. The Morgan fingerprint density at radius 2 is 1.86 bits per heavy atom. The van der Waals surface area contributed by atoms with Crippen molar-refractivity contribution in [1.29, 1.82) is 5.26 Å². The Kier molecular flexibility index (Phi) is 3.95. The van der Waals surface area contributed by atoms with Crippen LogP contribution in [0.5, 0.6) is 0 Å². The third-order valence-electron chi connectivity index (χ3n) is 3.46. The van der Waals surface area contributed by atoms with Crippen LogP contribution in [0.2, 0.25) is 0 Å². The summed E-state index contributed by atoms with van der Waals surface area (Å²) >= 11 is 10.6. The second-order valence-electron chi connectivity index (χ2n) is 4.71.